The van der Waals surface area contributed by atoms with Crippen molar-refractivity contribution in [2.75, 3.05) is 13.7 Å². The highest BCUT2D eigenvalue weighted by molar-refractivity contribution is 5.13. The normalized spacial score (nSPS) is 34.4. The van der Waals surface area contributed by atoms with Crippen molar-refractivity contribution in [2.45, 2.75) is 37.3 Å². The Labute approximate surface area is 122 Å². The zero-order valence-electron chi connectivity index (χ0n) is 11.7. The molecule has 1 aromatic rings. The third-order valence-electron chi connectivity index (χ3n) is 3.78. The summed E-state index contributed by atoms with van der Waals surface area (Å²) in [5.74, 6) is 0. The summed E-state index contributed by atoms with van der Waals surface area (Å²) in [7, 11) is 1.60. The molecule has 3 rings (SSSR count). The third kappa shape index (κ3) is 2.88. The maximum Gasteiger partial charge on any atom is 0.169 e. The first-order valence-electron chi connectivity index (χ1n) is 6.83. The second kappa shape index (κ2) is 6.43. The van der Waals surface area contributed by atoms with Crippen molar-refractivity contribution < 1.29 is 18.9 Å². The average Bonchev–Trinajstić information content (AvgIpc) is 2.95. The molecule has 0 unspecified atom stereocenters. The molecule has 0 aliphatic carbocycles. The molecule has 2 heterocycles. The van der Waals surface area contributed by atoms with Crippen LogP contribution in [0.3, 0.4) is 0 Å². The summed E-state index contributed by atoms with van der Waals surface area (Å²) in [4.78, 5) is 2.88. The molecular formula is C14H17N3O4. The van der Waals surface area contributed by atoms with E-state index < -0.39 is 18.4 Å². The lowest BCUT2D eigenvalue weighted by atomic mass is 9.99. The van der Waals surface area contributed by atoms with E-state index in [1.807, 2.05) is 30.3 Å². The minimum atomic E-state index is -0.557. The molecule has 5 atom stereocenters. The number of ether oxygens (including phenoxy) is 4. The van der Waals surface area contributed by atoms with E-state index in [1.165, 1.54) is 0 Å². The van der Waals surface area contributed by atoms with Crippen molar-refractivity contribution in [3.05, 3.63) is 46.3 Å². The second-order valence-corrected chi connectivity index (χ2v) is 5.03. The first-order valence-corrected chi connectivity index (χ1v) is 6.83. The fourth-order valence-electron chi connectivity index (χ4n) is 2.78. The van der Waals surface area contributed by atoms with Gasteiger partial charge in [0.1, 0.15) is 24.4 Å². The van der Waals surface area contributed by atoms with Crippen LogP contribution >= 0.6 is 0 Å². The molecular weight excluding hydrogens is 274 g/mol. The lowest BCUT2D eigenvalue weighted by molar-refractivity contribution is -0.202. The van der Waals surface area contributed by atoms with E-state index >= 15 is 0 Å². The Balaban J connectivity index is 1.76. The monoisotopic (exact) mass is 291 g/mol. The Bertz CT molecular complexity index is 520. The van der Waals surface area contributed by atoms with E-state index in [0.717, 1.165) is 5.56 Å². The Morgan fingerprint density at radius 3 is 2.86 bits per heavy atom. The number of rotatable bonds is 5. The summed E-state index contributed by atoms with van der Waals surface area (Å²) in [5, 5.41) is 3.78. The highest BCUT2D eigenvalue weighted by Gasteiger charge is 2.51. The van der Waals surface area contributed by atoms with Crippen LogP contribution in [0.25, 0.3) is 10.4 Å². The summed E-state index contributed by atoms with van der Waals surface area (Å²) in [6, 6.07) is 9.26. The zero-order valence-corrected chi connectivity index (χ0v) is 11.7. The van der Waals surface area contributed by atoms with E-state index in [2.05, 4.69) is 10.0 Å². The number of nitrogens with zero attached hydrogens (tertiary/aromatic N) is 3. The van der Waals surface area contributed by atoms with Crippen molar-refractivity contribution >= 4 is 0 Å². The molecule has 2 bridgehead atoms. The predicted molar refractivity (Wildman–Crippen MR) is 73.4 cm³/mol. The molecule has 0 spiro atoms. The first kappa shape index (κ1) is 14.3. The van der Waals surface area contributed by atoms with Crippen LogP contribution in [0.2, 0.25) is 0 Å². The lowest BCUT2D eigenvalue weighted by Crippen LogP contribution is -2.54. The number of hydrogen-bond donors (Lipinski definition) is 0. The minimum absolute atomic E-state index is 0.189. The topological polar surface area (TPSA) is 85.7 Å². The van der Waals surface area contributed by atoms with E-state index in [4.69, 9.17) is 24.5 Å². The second-order valence-electron chi connectivity index (χ2n) is 5.03. The van der Waals surface area contributed by atoms with Gasteiger partial charge in [0.15, 0.2) is 6.29 Å². The van der Waals surface area contributed by atoms with Gasteiger partial charge in [-0.1, -0.05) is 35.4 Å². The van der Waals surface area contributed by atoms with Crippen LogP contribution in [0.1, 0.15) is 5.56 Å². The van der Waals surface area contributed by atoms with Crippen LogP contribution in [0.5, 0.6) is 0 Å². The number of azide groups is 1. The SMILES string of the molecule is CO[C@H]1[C@H](OCc2ccccc2)[C@@H](N=[N+]=[N-])[C@@H]2OC[C@H]1O2. The maximum atomic E-state index is 8.76. The van der Waals surface area contributed by atoms with E-state index in [9.17, 15) is 0 Å². The molecule has 2 aliphatic rings. The molecule has 21 heavy (non-hydrogen) atoms. The number of fused-ring (bicyclic) bond motifs is 2. The Hall–Kier alpha value is -1.63. The van der Waals surface area contributed by atoms with Crippen molar-refractivity contribution in [1.82, 2.24) is 0 Å². The molecule has 0 amide bonds. The standard InChI is InChI=1S/C14H17N3O4/c1-18-12-10-8-20-14(21-10)11(16-17-15)13(12)19-7-9-5-3-2-4-6-9/h2-6,10-14H,7-8H2,1H3/t10-,11-,12-,13-,14-/m1/s1. The van der Waals surface area contributed by atoms with Gasteiger partial charge in [0.05, 0.1) is 13.2 Å². The first-order chi connectivity index (χ1) is 10.3. The average molecular weight is 291 g/mol. The molecule has 112 valence electrons. The number of methoxy groups -OCH3 is 1. The molecule has 0 aromatic heterocycles. The third-order valence-corrected chi connectivity index (χ3v) is 3.78. The summed E-state index contributed by atoms with van der Waals surface area (Å²) in [5.41, 5.74) is 9.81. The molecule has 0 saturated carbocycles. The molecule has 2 fully saturated rings. The van der Waals surface area contributed by atoms with Gasteiger partial charge in [0.2, 0.25) is 0 Å². The van der Waals surface area contributed by atoms with Crippen molar-refractivity contribution in [1.29, 1.82) is 0 Å². The van der Waals surface area contributed by atoms with Crippen LogP contribution in [0.4, 0.5) is 0 Å². The van der Waals surface area contributed by atoms with Crippen LogP contribution in [0.15, 0.2) is 35.4 Å². The van der Waals surface area contributed by atoms with E-state index in [0.29, 0.717) is 13.2 Å². The maximum absolute atomic E-state index is 8.76. The van der Waals surface area contributed by atoms with Gasteiger partial charge in [0.25, 0.3) is 0 Å². The summed E-state index contributed by atoms with van der Waals surface area (Å²) in [6.07, 6.45) is -1.45. The molecule has 2 aliphatic heterocycles. The Morgan fingerprint density at radius 1 is 1.33 bits per heavy atom. The molecule has 1 aromatic carbocycles. The van der Waals surface area contributed by atoms with Crippen LogP contribution in [-0.2, 0) is 25.6 Å². The smallest absolute Gasteiger partial charge is 0.169 e. The lowest BCUT2D eigenvalue weighted by Gasteiger charge is -2.38. The predicted octanol–water partition coefficient (Wildman–Crippen LogP) is 2.02. The quantitative estimate of drug-likeness (QED) is 0.472. The van der Waals surface area contributed by atoms with Gasteiger partial charge in [-0.2, -0.15) is 0 Å². The fourth-order valence-corrected chi connectivity index (χ4v) is 2.78. The van der Waals surface area contributed by atoms with Gasteiger partial charge in [-0.15, -0.1) is 0 Å². The Kier molecular flexibility index (Phi) is 4.38. The summed E-state index contributed by atoms with van der Waals surface area (Å²) >= 11 is 0. The molecule has 2 saturated heterocycles. The van der Waals surface area contributed by atoms with Gasteiger partial charge in [-0.05, 0) is 11.1 Å². The summed E-state index contributed by atoms with van der Waals surface area (Å²) in [6.45, 7) is 0.841. The van der Waals surface area contributed by atoms with Crippen molar-refractivity contribution in [3.8, 4) is 0 Å². The van der Waals surface area contributed by atoms with Gasteiger partial charge in [0, 0.05) is 12.0 Å². The van der Waals surface area contributed by atoms with Crippen molar-refractivity contribution in [2.24, 2.45) is 5.11 Å². The molecule has 7 nitrogen and oxygen atoms in total. The summed E-state index contributed by atoms with van der Waals surface area (Å²) < 4.78 is 22.6. The number of hydrogen-bond acceptors (Lipinski definition) is 5. The fraction of sp³-hybridized carbons (Fsp3) is 0.571. The van der Waals surface area contributed by atoms with E-state index in [1.54, 1.807) is 7.11 Å². The molecule has 0 radical (unpaired) electrons. The molecule has 0 N–H and O–H groups in total. The zero-order chi connectivity index (χ0) is 14.7. The highest BCUT2D eigenvalue weighted by atomic mass is 16.7. The van der Waals surface area contributed by atoms with Crippen LogP contribution < -0.4 is 0 Å². The highest BCUT2D eigenvalue weighted by Crippen LogP contribution is 2.33. The number of benzene rings is 1. The Morgan fingerprint density at radius 2 is 2.14 bits per heavy atom. The van der Waals surface area contributed by atoms with Gasteiger partial charge in [-0.3, -0.25) is 0 Å². The molecule has 7 heteroatoms. The van der Waals surface area contributed by atoms with Gasteiger partial charge >= 0.3 is 0 Å². The van der Waals surface area contributed by atoms with E-state index in [-0.39, 0.29) is 12.2 Å². The van der Waals surface area contributed by atoms with Crippen LogP contribution in [-0.4, -0.2) is 44.4 Å². The van der Waals surface area contributed by atoms with Crippen LogP contribution in [0, 0.1) is 0 Å². The van der Waals surface area contributed by atoms with Gasteiger partial charge < -0.3 is 18.9 Å². The van der Waals surface area contributed by atoms with Crippen molar-refractivity contribution in [3.63, 3.8) is 0 Å². The minimum Gasteiger partial charge on any atom is -0.376 e. The largest absolute Gasteiger partial charge is 0.376 e. The van der Waals surface area contributed by atoms with Gasteiger partial charge in [-0.25, -0.2) is 0 Å².